The minimum absolute atomic E-state index is 0.0234. The third-order valence-electron chi connectivity index (χ3n) is 3.58. The minimum Gasteiger partial charge on any atom is -0.366 e. The molecule has 4 heteroatoms. The van der Waals surface area contributed by atoms with Crippen molar-refractivity contribution in [1.82, 2.24) is 10.2 Å². The molecule has 1 saturated heterocycles. The second-order valence-electron chi connectivity index (χ2n) is 4.82. The van der Waals surface area contributed by atoms with E-state index in [0.29, 0.717) is 0 Å². The number of hydrogen-bond acceptors (Lipinski definition) is 4. The van der Waals surface area contributed by atoms with Gasteiger partial charge in [0, 0.05) is 18.5 Å². The van der Waals surface area contributed by atoms with Crippen molar-refractivity contribution in [2.24, 2.45) is 5.73 Å². The lowest BCUT2D eigenvalue weighted by Crippen LogP contribution is -2.67. The Morgan fingerprint density at radius 3 is 2.88 bits per heavy atom. The molecule has 0 saturated carbocycles. The molecule has 1 aliphatic heterocycles. The van der Waals surface area contributed by atoms with Crippen molar-refractivity contribution >= 4 is 16.6 Å². The fourth-order valence-electron chi connectivity index (χ4n) is 2.35. The summed E-state index contributed by atoms with van der Waals surface area (Å²) in [6.07, 6.45) is 2.84. The molecule has 0 bridgehead atoms. The van der Waals surface area contributed by atoms with Gasteiger partial charge in [0.05, 0.1) is 22.9 Å². The van der Waals surface area contributed by atoms with E-state index in [0.717, 1.165) is 36.1 Å². The van der Waals surface area contributed by atoms with Gasteiger partial charge < -0.3 is 10.6 Å². The summed E-state index contributed by atoms with van der Waals surface area (Å²) in [5.41, 5.74) is 8.26. The molecule has 1 aliphatic rings. The summed E-state index contributed by atoms with van der Waals surface area (Å²) < 4.78 is 0. The smallest absolute Gasteiger partial charge is 0.0950 e. The maximum absolute atomic E-state index is 6.20. The number of nitrogens with two attached hydrogens (primary N) is 1. The number of aromatic nitrogens is 2. The zero-order valence-corrected chi connectivity index (χ0v) is 9.93. The Hall–Kier alpha value is -1.68. The summed E-state index contributed by atoms with van der Waals surface area (Å²) in [6.45, 7) is 3.94. The van der Waals surface area contributed by atoms with Crippen LogP contribution in [0.2, 0.25) is 0 Å². The van der Waals surface area contributed by atoms with Crippen molar-refractivity contribution in [2.45, 2.75) is 18.9 Å². The van der Waals surface area contributed by atoms with E-state index < -0.39 is 0 Å². The van der Waals surface area contributed by atoms with E-state index in [1.54, 1.807) is 0 Å². The van der Waals surface area contributed by atoms with Crippen LogP contribution in [0, 0.1) is 0 Å². The molecular weight excluding hydrogens is 212 g/mol. The highest BCUT2D eigenvalue weighted by Crippen LogP contribution is 2.32. The summed E-state index contributed by atoms with van der Waals surface area (Å²) in [5, 5.41) is 9.34. The molecule has 0 aliphatic carbocycles. The number of rotatable bonds is 2. The van der Waals surface area contributed by atoms with E-state index in [1.165, 1.54) is 0 Å². The second kappa shape index (κ2) is 3.67. The van der Waals surface area contributed by atoms with Gasteiger partial charge in [0.15, 0.2) is 0 Å². The third kappa shape index (κ3) is 1.65. The lowest BCUT2D eigenvalue weighted by molar-refractivity contribution is 0.322. The van der Waals surface area contributed by atoms with Crippen molar-refractivity contribution in [1.29, 1.82) is 0 Å². The van der Waals surface area contributed by atoms with Crippen molar-refractivity contribution in [3.8, 4) is 0 Å². The standard InChI is InChI=1S/C13H16N4/c1-2-13(14)8-17(9-13)12-7-15-16-11-6-4-3-5-10(11)12/h3-7H,2,8-9,14H2,1H3. The van der Waals surface area contributed by atoms with E-state index in [4.69, 9.17) is 5.73 Å². The van der Waals surface area contributed by atoms with E-state index in [1.807, 2.05) is 24.4 Å². The molecular formula is C13H16N4. The summed E-state index contributed by atoms with van der Waals surface area (Å²) in [6, 6.07) is 8.09. The number of anilines is 1. The first-order valence-electron chi connectivity index (χ1n) is 5.96. The predicted molar refractivity (Wildman–Crippen MR) is 69.0 cm³/mol. The summed E-state index contributed by atoms with van der Waals surface area (Å²) in [7, 11) is 0. The molecule has 1 aromatic heterocycles. The molecule has 1 fully saturated rings. The molecule has 2 heterocycles. The van der Waals surface area contributed by atoms with Gasteiger partial charge in [-0.2, -0.15) is 10.2 Å². The first kappa shape index (κ1) is 10.5. The van der Waals surface area contributed by atoms with Gasteiger partial charge in [-0.05, 0) is 12.5 Å². The van der Waals surface area contributed by atoms with Crippen molar-refractivity contribution < 1.29 is 0 Å². The van der Waals surface area contributed by atoms with Crippen LogP contribution in [0.3, 0.4) is 0 Å². The van der Waals surface area contributed by atoms with Gasteiger partial charge in [0.1, 0.15) is 0 Å². The summed E-state index contributed by atoms with van der Waals surface area (Å²) in [4.78, 5) is 2.28. The number of nitrogens with zero attached hydrogens (tertiary/aromatic N) is 3. The molecule has 0 radical (unpaired) electrons. The van der Waals surface area contributed by atoms with Crippen molar-refractivity contribution in [2.75, 3.05) is 18.0 Å². The Morgan fingerprint density at radius 2 is 2.12 bits per heavy atom. The van der Waals surface area contributed by atoms with Crippen LogP contribution in [0.5, 0.6) is 0 Å². The van der Waals surface area contributed by atoms with E-state index in [2.05, 4.69) is 28.1 Å². The molecule has 1 aromatic carbocycles. The minimum atomic E-state index is -0.0234. The van der Waals surface area contributed by atoms with E-state index in [9.17, 15) is 0 Å². The molecule has 17 heavy (non-hydrogen) atoms. The number of hydrogen-bond donors (Lipinski definition) is 1. The molecule has 3 rings (SSSR count). The SMILES string of the molecule is CCC1(N)CN(c2cnnc3ccccc23)C1. The van der Waals surface area contributed by atoms with Gasteiger partial charge in [-0.25, -0.2) is 0 Å². The second-order valence-corrected chi connectivity index (χ2v) is 4.82. The maximum Gasteiger partial charge on any atom is 0.0950 e. The molecule has 0 amide bonds. The highest BCUT2D eigenvalue weighted by molar-refractivity contribution is 5.91. The van der Waals surface area contributed by atoms with Gasteiger partial charge in [0.25, 0.3) is 0 Å². The monoisotopic (exact) mass is 228 g/mol. The Bertz CT molecular complexity index is 541. The Morgan fingerprint density at radius 1 is 1.35 bits per heavy atom. The average Bonchev–Trinajstić information content (AvgIpc) is 2.34. The summed E-state index contributed by atoms with van der Waals surface area (Å²) in [5.74, 6) is 0. The largest absolute Gasteiger partial charge is 0.366 e. The number of fused-ring (bicyclic) bond motifs is 1. The highest BCUT2D eigenvalue weighted by Gasteiger charge is 2.38. The van der Waals surface area contributed by atoms with Gasteiger partial charge in [-0.1, -0.05) is 25.1 Å². The third-order valence-corrected chi connectivity index (χ3v) is 3.58. The fourth-order valence-corrected chi connectivity index (χ4v) is 2.35. The van der Waals surface area contributed by atoms with Crippen LogP contribution in [0.1, 0.15) is 13.3 Å². The first-order chi connectivity index (χ1) is 8.22. The van der Waals surface area contributed by atoms with Gasteiger partial charge >= 0.3 is 0 Å². The zero-order valence-electron chi connectivity index (χ0n) is 9.93. The average molecular weight is 228 g/mol. The highest BCUT2D eigenvalue weighted by atomic mass is 15.3. The molecule has 88 valence electrons. The van der Waals surface area contributed by atoms with Crippen molar-refractivity contribution in [3.05, 3.63) is 30.5 Å². The molecule has 4 nitrogen and oxygen atoms in total. The maximum atomic E-state index is 6.20. The van der Waals surface area contributed by atoms with E-state index >= 15 is 0 Å². The van der Waals surface area contributed by atoms with E-state index in [-0.39, 0.29) is 5.54 Å². The quantitative estimate of drug-likeness (QED) is 0.847. The van der Waals surface area contributed by atoms with Crippen LogP contribution in [-0.2, 0) is 0 Å². The lowest BCUT2D eigenvalue weighted by Gasteiger charge is -2.48. The Kier molecular flexibility index (Phi) is 2.26. The van der Waals surface area contributed by atoms with Crippen molar-refractivity contribution in [3.63, 3.8) is 0 Å². The van der Waals surface area contributed by atoms with Gasteiger partial charge in [0.2, 0.25) is 0 Å². The topological polar surface area (TPSA) is 55.0 Å². The van der Waals surface area contributed by atoms with Crippen LogP contribution in [0.25, 0.3) is 10.9 Å². The Labute approximate surface area is 100 Å². The van der Waals surface area contributed by atoms with Crippen LogP contribution in [0.4, 0.5) is 5.69 Å². The lowest BCUT2D eigenvalue weighted by atomic mass is 9.87. The van der Waals surface area contributed by atoms with Gasteiger partial charge in [-0.15, -0.1) is 0 Å². The van der Waals surface area contributed by atoms with Crippen LogP contribution < -0.4 is 10.6 Å². The fraction of sp³-hybridized carbons (Fsp3) is 0.385. The Balaban J connectivity index is 1.97. The predicted octanol–water partition coefficient (Wildman–Crippen LogP) is 1.56. The summed E-state index contributed by atoms with van der Waals surface area (Å²) >= 11 is 0. The first-order valence-corrected chi connectivity index (χ1v) is 5.96. The van der Waals surface area contributed by atoms with Crippen LogP contribution in [-0.4, -0.2) is 28.8 Å². The van der Waals surface area contributed by atoms with Crippen LogP contribution in [0.15, 0.2) is 30.5 Å². The molecule has 0 atom stereocenters. The normalized spacial score (nSPS) is 18.1. The molecule has 0 spiro atoms. The number of benzene rings is 1. The molecule has 2 N–H and O–H groups in total. The van der Waals surface area contributed by atoms with Crippen LogP contribution >= 0.6 is 0 Å². The van der Waals surface area contributed by atoms with Gasteiger partial charge in [-0.3, -0.25) is 0 Å². The molecule has 2 aromatic rings. The zero-order chi connectivity index (χ0) is 11.9. The molecule has 0 unspecified atom stereocenters.